The molecule has 1 amide bonds. The number of nitrogens with one attached hydrogen (secondary N) is 1. The highest BCUT2D eigenvalue weighted by Crippen LogP contribution is 2.32. The van der Waals surface area contributed by atoms with Crippen molar-refractivity contribution >= 4 is 17.7 Å². The number of fused-ring (bicyclic) bond motifs is 1. The van der Waals surface area contributed by atoms with E-state index in [9.17, 15) is 4.79 Å². The first kappa shape index (κ1) is 14.2. The molecule has 1 aliphatic heterocycles. The molecule has 0 radical (unpaired) electrons. The monoisotopic (exact) mass is 295 g/mol. The average molecular weight is 295 g/mol. The Bertz CT molecular complexity index is 750. The second-order valence-electron chi connectivity index (χ2n) is 5.18. The molecule has 0 aromatic heterocycles. The van der Waals surface area contributed by atoms with Crippen LogP contribution >= 0.6 is 0 Å². The fraction of sp³-hybridized carbons (Fsp3) is 0.167. The smallest absolute Gasteiger partial charge is 0.248 e. The molecule has 22 heavy (non-hydrogen) atoms. The number of benzene rings is 2. The summed E-state index contributed by atoms with van der Waals surface area (Å²) in [5.41, 5.74) is 3.95. The molecule has 0 atom stereocenters. The van der Waals surface area contributed by atoms with Gasteiger partial charge in [0.05, 0.1) is 0 Å². The Morgan fingerprint density at radius 1 is 1.14 bits per heavy atom. The van der Waals surface area contributed by atoms with Crippen LogP contribution in [0.25, 0.3) is 6.08 Å². The van der Waals surface area contributed by atoms with E-state index < -0.39 is 0 Å². The molecule has 2 aromatic carbocycles. The molecule has 0 spiro atoms. The van der Waals surface area contributed by atoms with E-state index in [0.29, 0.717) is 5.75 Å². The minimum atomic E-state index is -0.161. The summed E-state index contributed by atoms with van der Waals surface area (Å²) in [4.78, 5) is 12.0. The van der Waals surface area contributed by atoms with Crippen LogP contribution in [0, 0.1) is 13.8 Å². The van der Waals surface area contributed by atoms with Crippen LogP contribution in [-0.4, -0.2) is 12.7 Å². The van der Waals surface area contributed by atoms with Crippen molar-refractivity contribution in [3.63, 3.8) is 0 Å². The molecule has 4 nitrogen and oxygen atoms in total. The second-order valence-corrected chi connectivity index (χ2v) is 5.18. The molecule has 112 valence electrons. The third kappa shape index (κ3) is 2.96. The van der Waals surface area contributed by atoms with E-state index in [-0.39, 0.29) is 12.7 Å². The molecule has 1 heterocycles. The highest BCUT2D eigenvalue weighted by Gasteiger charge is 2.12. The van der Waals surface area contributed by atoms with Gasteiger partial charge >= 0.3 is 0 Å². The van der Waals surface area contributed by atoms with Gasteiger partial charge in [0, 0.05) is 11.8 Å². The van der Waals surface area contributed by atoms with Crippen molar-refractivity contribution in [2.45, 2.75) is 13.8 Å². The van der Waals surface area contributed by atoms with Gasteiger partial charge in [0.15, 0.2) is 11.5 Å². The Hall–Kier alpha value is -2.75. The van der Waals surface area contributed by atoms with Gasteiger partial charge in [0.1, 0.15) is 0 Å². The van der Waals surface area contributed by atoms with E-state index in [2.05, 4.69) is 5.32 Å². The molecule has 4 heteroatoms. The maximum atomic E-state index is 12.0. The Kier molecular flexibility index (Phi) is 3.83. The van der Waals surface area contributed by atoms with Gasteiger partial charge in [-0.3, -0.25) is 4.79 Å². The lowest BCUT2D eigenvalue weighted by atomic mass is 10.1. The number of rotatable bonds is 3. The highest BCUT2D eigenvalue weighted by atomic mass is 16.7. The minimum absolute atomic E-state index is 0.161. The zero-order chi connectivity index (χ0) is 15.5. The molecule has 1 N–H and O–H groups in total. The van der Waals surface area contributed by atoms with Crippen molar-refractivity contribution in [1.29, 1.82) is 0 Å². The summed E-state index contributed by atoms with van der Waals surface area (Å²) in [6, 6.07) is 11.4. The second kappa shape index (κ2) is 5.93. The Morgan fingerprint density at radius 2 is 1.95 bits per heavy atom. The topological polar surface area (TPSA) is 47.6 Å². The van der Waals surface area contributed by atoms with Crippen LogP contribution < -0.4 is 14.8 Å². The first-order valence-electron chi connectivity index (χ1n) is 7.08. The predicted octanol–water partition coefficient (Wildman–Crippen LogP) is 3.68. The summed E-state index contributed by atoms with van der Waals surface area (Å²) in [5, 5.41) is 2.89. The maximum Gasteiger partial charge on any atom is 0.248 e. The van der Waals surface area contributed by atoms with E-state index in [4.69, 9.17) is 9.47 Å². The summed E-state index contributed by atoms with van der Waals surface area (Å²) in [5.74, 6) is 1.28. The summed E-state index contributed by atoms with van der Waals surface area (Å²) in [6.45, 7) is 4.26. The summed E-state index contributed by atoms with van der Waals surface area (Å²) in [7, 11) is 0. The van der Waals surface area contributed by atoms with Crippen LogP contribution in [0.3, 0.4) is 0 Å². The zero-order valence-corrected chi connectivity index (χ0v) is 12.6. The number of anilines is 1. The number of hydrogen-bond acceptors (Lipinski definition) is 3. The van der Waals surface area contributed by atoms with Gasteiger partial charge < -0.3 is 14.8 Å². The van der Waals surface area contributed by atoms with Crippen molar-refractivity contribution in [3.05, 3.63) is 59.2 Å². The fourth-order valence-electron chi connectivity index (χ4n) is 2.25. The molecule has 0 unspecified atom stereocenters. The number of carbonyl (C=O) groups excluding carboxylic acids is 1. The number of aryl methyl sites for hydroxylation is 1. The Labute approximate surface area is 129 Å². The summed E-state index contributed by atoms with van der Waals surface area (Å²) in [6.07, 6.45) is 3.27. The van der Waals surface area contributed by atoms with Crippen LogP contribution in [0.5, 0.6) is 11.5 Å². The Morgan fingerprint density at radius 3 is 2.82 bits per heavy atom. The first-order valence-corrected chi connectivity index (χ1v) is 7.08. The summed E-state index contributed by atoms with van der Waals surface area (Å²) >= 11 is 0. The van der Waals surface area contributed by atoms with E-state index in [1.54, 1.807) is 6.08 Å². The van der Waals surface area contributed by atoms with Crippen LogP contribution in [0.1, 0.15) is 16.7 Å². The van der Waals surface area contributed by atoms with Crippen LogP contribution in [0.15, 0.2) is 42.5 Å². The lowest BCUT2D eigenvalue weighted by Crippen LogP contribution is -2.09. The number of amides is 1. The van der Waals surface area contributed by atoms with Crippen LogP contribution in [0.2, 0.25) is 0 Å². The molecule has 0 fully saturated rings. The molecule has 1 aliphatic rings. The van der Waals surface area contributed by atoms with E-state index in [0.717, 1.165) is 28.1 Å². The van der Waals surface area contributed by atoms with Crippen molar-refractivity contribution in [3.8, 4) is 11.5 Å². The normalized spacial score (nSPS) is 12.6. The van der Waals surface area contributed by atoms with Crippen molar-refractivity contribution in [2.24, 2.45) is 0 Å². The third-order valence-corrected chi connectivity index (χ3v) is 3.69. The SMILES string of the molecule is Cc1cccc(NC(=O)C=Cc2ccc3c(c2)OCO3)c1C. The van der Waals surface area contributed by atoms with Gasteiger partial charge in [-0.25, -0.2) is 0 Å². The largest absolute Gasteiger partial charge is 0.454 e. The molecule has 3 rings (SSSR count). The molecular weight excluding hydrogens is 278 g/mol. The standard InChI is InChI=1S/C18H17NO3/c1-12-4-3-5-15(13(12)2)19-18(20)9-7-14-6-8-16-17(10-14)22-11-21-16/h3-10H,11H2,1-2H3,(H,19,20). The third-order valence-electron chi connectivity index (χ3n) is 3.69. The highest BCUT2D eigenvalue weighted by molar-refractivity contribution is 6.02. The Balaban J connectivity index is 1.70. The van der Waals surface area contributed by atoms with Gasteiger partial charge in [0.25, 0.3) is 0 Å². The molecule has 0 bridgehead atoms. The van der Waals surface area contributed by atoms with Gasteiger partial charge in [0.2, 0.25) is 12.7 Å². The number of carbonyl (C=O) groups is 1. The van der Waals surface area contributed by atoms with Crippen molar-refractivity contribution in [1.82, 2.24) is 0 Å². The first-order chi connectivity index (χ1) is 10.6. The molecule has 0 saturated heterocycles. The number of ether oxygens (including phenoxy) is 2. The molecule has 2 aromatic rings. The van der Waals surface area contributed by atoms with Crippen molar-refractivity contribution < 1.29 is 14.3 Å². The molecule has 0 saturated carbocycles. The van der Waals surface area contributed by atoms with Crippen LogP contribution in [-0.2, 0) is 4.79 Å². The fourth-order valence-corrected chi connectivity index (χ4v) is 2.25. The van der Waals surface area contributed by atoms with Crippen LogP contribution in [0.4, 0.5) is 5.69 Å². The van der Waals surface area contributed by atoms with Gasteiger partial charge in [-0.2, -0.15) is 0 Å². The quantitative estimate of drug-likeness (QED) is 0.879. The average Bonchev–Trinajstić information content (AvgIpc) is 2.97. The number of hydrogen-bond donors (Lipinski definition) is 1. The maximum absolute atomic E-state index is 12.0. The lowest BCUT2D eigenvalue weighted by Gasteiger charge is -2.08. The predicted molar refractivity (Wildman–Crippen MR) is 86.1 cm³/mol. The van der Waals surface area contributed by atoms with Crippen molar-refractivity contribution in [2.75, 3.05) is 12.1 Å². The van der Waals surface area contributed by atoms with Gasteiger partial charge in [-0.05, 0) is 54.8 Å². The summed E-state index contributed by atoms with van der Waals surface area (Å²) < 4.78 is 10.6. The van der Waals surface area contributed by atoms with E-state index >= 15 is 0 Å². The molecular formula is C18H17NO3. The van der Waals surface area contributed by atoms with E-state index in [1.807, 2.05) is 50.2 Å². The minimum Gasteiger partial charge on any atom is -0.454 e. The molecule has 0 aliphatic carbocycles. The lowest BCUT2D eigenvalue weighted by molar-refractivity contribution is -0.111. The van der Waals surface area contributed by atoms with Gasteiger partial charge in [-0.15, -0.1) is 0 Å². The zero-order valence-electron chi connectivity index (χ0n) is 12.6. The van der Waals surface area contributed by atoms with E-state index in [1.165, 1.54) is 6.08 Å². The van der Waals surface area contributed by atoms with Gasteiger partial charge in [-0.1, -0.05) is 18.2 Å².